The second-order valence-electron chi connectivity index (χ2n) is 3.02. The molecule has 4 nitrogen and oxygen atoms in total. The zero-order valence-corrected chi connectivity index (χ0v) is 8.90. The predicted octanol–water partition coefficient (Wildman–Crippen LogP) is -2.87. The van der Waals surface area contributed by atoms with Crippen molar-refractivity contribution in [1.82, 2.24) is 0 Å². The summed E-state index contributed by atoms with van der Waals surface area (Å²) in [5, 5.41) is 8.51. The van der Waals surface area contributed by atoms with Crippen LogP contribution in [0.4, 0.5) is 5.69 Å². The Labute approximate surface area is 89.2 Å². The number of aromatic nitrogens is 1. The highest BCUT2D eigenvalue weighted by Gasteiger charge is 2.06. The second-order valence-corrected chi connectivity index (χ2v) is 3.02. The first-order valence-corrected chi connectivity index (χ1v) is 3.98. The lowest BCUT2D eigenvalue weighted by molar-refractivity contribution is -0.685. The third kappa shape index (κ3) is 3.62. The van der Waals surface area contributed by atoms with Crippen molar-refractivity contribution in [2.45, 2.75) is 6.54 Å². The lowest BCUT2D eigenvalue weighted by Crippen LogP contribution is -3.00. The molecule has 1 N–H and O–H groups in total. The summed E-state index contributed by atoms with van der Waals surface area (Å²) in [6, 6.07) is 3.76. The number of aliphatic carboxylic acids is 1. The molecule has 0 amide bonds. The lowest BCUT2D eigenvalue weighted by atomic mass is 10.4. The van der Waals surface area contributed by atoms with Gasteiger partial charge in [0.15, 0.2) is 12.4 Å². The molecular formula is C9H13ClN2O2. The summed E-state index contributed by atoms with van der Waals surface area (Å²) >= 11 is 0. The molecule has 0 fully saturated rings. The van der Waals surface area contributed by atoms with Crippen LogP contribution in [0.2, 0.25) is 0 Å². The van der Waals surface area contributed by atoms with E-state index in [9.17, 15) is 4.79 Å². The van der Waals surface area contributed by atoms with E-state index < -0.39 is 5.97 Å². The fourth-order valence-electron chi connectivity index (χ4n) is 1.01. The number of carboxylic acids is 1. The van der Waals surface area contributed by atoms with Crippen LogP contribution in [0.5, 0.6) is 0 Å². The van der Waals surface area contributed by atoms with Crippen molar-refractivity contribution in [2.24, 2.45) is 0 Å². The van der Waals surface area contributed by atoms with Crippen LogP contribution in [0.1, 0.15) is 0 Å². The molecule has 0 spiro atoms. The van der Waals surface area contributed by atoms with Crippen molar-refractivity contribution in [3.05, 3.63) is 24.5 Å². The number of anilines is 1. The highest BCUT2D eigenvalue weighted by molar-refractivity contribution is 5.64. The average molecular weight is 217 g/mol. The molecule has 0 atom stereocenters. The second kappa shape index (κ2) is 5.44. The fraction of sp³-hybridized carbons (Fsp3) is 0.333. The van der Waals surface area contributed by atoms with Gasteiger partial charge in [0.05, 0.1) is 0 Å². The van der Waals surface area contributed by atoms with Crippen molar-refractivity contribution in [1.29, 1.82) is 0 Å². The van der Waals surface area contributed by atoms with Crippen molar-refractivity contribution in [2.75, 3.05) is 19.0 Å². The third-order valence-electron chi connectivity index (χ3n) is 1.71. The number of carboxylic acid groups (broad SMARTS) is 1. The first kappa shape index (κ1) is 12.7. The smallest absolute Gasteiger partial charge is 0.370 e. The molecule has 78 valence electrons. The molecule has 0 bridgehead atoms. The van der Waals surface area contributed by atoms with E-state index >= 15 is 0 Å². The van der Waals surface area contributed by atoms with Crippen molar-refractivity contribution < 1.29 is 26.9 Å². The van der Waals surface area contributed by atoms with Crippen molar-refractivity contribution in [3.8, 4) is 0 Å². The molecule has 0 saturated heterocycles. The SMILES string of the molecule is CN(C)c1cc[n+](CC(=O)O)cc1.[Cl-]. The van der Waals surface area contributed by atoms with Gasteiger partial charge in [0, 0.05) is 31.9 Å². The van der Waals surface area contributed by atoms with Crippen LogP contribution in [0.15, 0.2) is 24.5 Å². The Bertz CT molecular complexity index is 298. The first-order valence-electron chi connectivity index (χ1n) is 3.98. The molecule has 0 aromatic carbocycles. The molecule has 0 aliphatic rings. The van der Waals surface area contributed by atoms with Gasteiger partial charge in [0.1, 0.15) is 0 Å². The largest absolute Gasteiger partial charge is 1.00 e. The Morgan fingerprint density at radius 1 is 1.43 bits per heavy atom. The van der Waals surface area contributed by atoms with Crippen LogP contribution in [0.25, 0.3) is 0 Å². The first-order chi connectivity index (χ1) is 6.09. The fourth-order valence-corrected chi connectivity index (χ4v) is 1.01. The molecule has 5 heteroatoms. The van der Waals surface area contributed by atoms with E-state index in [1.54, 1.807) is 17.0 Å². The van der Waals surface area contributed by atoms with Gasteiger partial charge in [-0.05, 0) is 0 Å². The lowest BCUT2D eigenvalue weighted by Gasteiger charge is -2.09. The van der Waals surface area contributed by atoms with E-state index in [1.807, 2.05) is 31.1 Å². The van der Waals surface area contributed by atoms with E-state index in [0.717, 1.165) is 5.69 Å². The molecule has 0 aliphatic heterocycles. The summed E-state index contributed by atoms with van der Waals surface area (Å²) in [6.45, 7) is 0.00765. The van der Waals surface area contributed by atoms with Crippen LogP contribution in [0, 0.1) is 0 Å². The minimum Gasteiger partial charge on any atom is -1.00 e. The number of hydrogen-bond donors (Lipinski definition) is 1. The Kier molecular flexibility index (Phi) is 4.94. The molecule has 1 rings (SSSR count). The summed E-state index contributed by atoms with van der Waals surface area (Å²) in [5.74, 6) is -0.831. The van der Waals surface area contributed by atoms with Crippen LogP contribution >= 0.6 is 0 Å². The molecule has 1 aromatic heterocycles. The molecule has 0 unspecified atom stereocenters. The van der Waals surface area contributed by atoms with E-state index in [1.165, 1.54) is 0 Å². The number of rotatable bonds is 3. The van der Waals surface area contributed by atoms with Gasteiger partial charge in [-0.25, -0.2) is 4.79 Å². The Morgan fingerprint density at radius 3 is 2.29 bits per heavy atom. The van der Waals surface area contributed by atoms with Crippen molar-refractivity contribution >= 4 is 11.7 Å². The number of halogens is 1. The van der Waals surface area contributed by atoms with Gasteiger partial charge >= 0.3 is 5.97 Å². The number of hydrogen-bond acceptors (Lipinski definition) is 2. The minimum atomic E-state index is -0.831. The van der Waals surface area contributed by atoms with Crippen LogP contribution in [-0.4, -0.2) is 25.2 Å². The van der Waals surface area contributed by atoms with Gasteiger partial charge in [-0.2, -0.15) is 4.57 Å². The van der Waals surface area contributed by atoms with Gasteiger partial charge < -0.3 is 22.4 Å². The van der Waals surface area contributed by atoms with Gasteiger partial charge in [-0.3, -0.25) is 0 Å². The quantitative estimate of drug-likeness (QED) is 0.553. The topological polar surface area (TPSA) is 44.4 Å². The summed E-state index contributed by atoms with van der Waals surface area (Å²) in [7, 11) is 3.88. The number of carbonyl (C=O) groups is 1. The van der Waals surface area contributed by atoms with Gasteiger partial charge in [0.25, 0.3) is 0 Å². The Balaban J connectivity index is 0.00000169. The maximum absolute atomic E-state index is 10.4. The summed E-state index contributed by atoms with van der Waals surface area (Å²) in [4.78, 5) is 12.3. The highest BCUT2D eigenvalue weighted by atomic mass is 35.5. The molecule has 0 saturated carbocycles. The minimum absolute atomic E-state index is 0. The Hall–Kier alpha value is -1.29. The van der Waals surface area contributed by atoms with Crippen LogP contribution in [0.3, 0.4) is 0 Å². The molecule has 1 heterocycles. The highest BCUT2D eigenvalue weighted by Crippen LogP contribution is 2.05. The molecule has 1 aromatic rings. The zero-order chi connectivity index (χ0) is 9.84. The van der Waals surface area contributed by atoms with E-state index in [4.69, 9.17) is 5.11 Å². The van der Waals surface area contributed by atoms with Gasteiger partial charge in [-0.1, -0.05) is 0 Å². The average Bonchev–Trinajstić information content (AvgIpc) is 2.04. The standard InChI is InChI=1S/C9H12N2O2.ClH/c1-10(2)8-3-5-11(6-4-8)7-9(12)13;/h3-6H,7H2,1-2H3;1H. The maximum atomic E-state index is 10.4. The third-order valence-corrected chi connectivity index (χ3v) is 1.71. The molecule has 0 aliphatic carbocycles. The summed E-state index contributed by atoms with van der Waals surface area (Å²) in [5.41, 5.74) is 1.06. The van der Waals surface area contributed by atoms with Gasteiger partial charge in [-0.15, -0.1) is 0 Å². The van der Waals surface area contributed by atoms with Crippen LogP contribution in [-0.2, 0) is 11.3 Å². The van der Waals surface area contributed by atoms with E-state index in [0.29, 0.717) is 0 Å². The summed E-state index contributed by atoms with van der Waals surface area (Å²) in [6.07, 6.45) is 3.51. The van der Waals surface area contributed by atoms with E-state index in [2.05, 4.69) is 0 Å². The van der Waals surface area contributed by atoms with Crippen molar-refractivity contribution in [3.63, 3.8) is 0 Å². The predicted molar refractivity (Wildman–Crippen MR) is 48.6 cm³/mol. The van der Waals surface area contributed by atoms with Gasteiger partial charge in [0.2, 0.25) is 6.54 Å². The molecule has 0 radical (unpaired) electrons. The van der Waals surface area contributed by atoms with Crippen LogP contribution < -0.4 is 21.9 Å². The molecule has 14 heavy (non-hydrogen) atoms. The normalized spacial score (nSPS) is 9.00. The number of nitrogens with zero attached hydrogens (tertiary/aromatic N) is 2. The monoisotopic (exact) mass is 216 g/mol. The maximum Gasteiger partial charge on any atom is 0.370 e. The summed E-state index contributed by atoms with van der Waals surface area (Å²) < 4.78 is 1.62. The van der Waals surface area contributed by atoms with E-state index in [-0.39, 0.29) is 19.0 Å². The molecular weight excluding hydrogens is 204 g/mol. The Morgan fingerprint density at radius 2 is 1.93 bits per heavy atom. The number of pyridine rings is 1. The zero-order valence-electron chi connectivity index (χ0n) is 8.14.